The SMILES string of the molecule is C=C1C(C)=Nc2ccccc2N1C1CC(CC)N(C2CC(CC)CC(CC)C2)C(C)(C)C1. The van der Waals surface area contributed by atoms with E-state index >= 15 is 0 Å². The normalized spacial score (nSPS) is 33.1. The molecule has 1 saturated carbocycles. The number of aliphatic imine (C=N–C) groups is 1. The summed E-state index contributed by atoms with van der Waals surface area (Å²) in [4.78, 5) is 10.3. The van der Waals surface area contributed by atoms with Gasteiger partial charge in [0.05, 0.1) is 22.8 Å². The van der Waals surface area contributed by atoms with Gasteiger partial charge in [-0.15, -0.1) is 0 Å². The predicted molar refractivity (Wildman–Crippen MR) is 139 cm³/mol. The molecule has 3 aliphatic rings. The van der Waals surface area contributed by atoms with Crippen LogP contribution >= 0.6 is 0 Å². The van der Waals surface area contributed by atoms with Crippen molar-refractivity contribution in [1.82, 2.24) is 4.90 Å². The van der Waals surface area contributed by atoms with Gasteiger partial charge in [-0.1, -0.05) is 52.3 Å². The number of anilines is 1. The highest BCUT2D eigenvalue weighted by Gasteiger charge is 2.47. The van der Waals surface area contributed by atoms with Gasteiger partial charge in [-0.25, -0.2) is 4.99 Å². The molecule has 0 bridgehead atoms. The lowest BCUT2D eigenvalue weighted by Gasteiger charge is -2.58. The number of hydrogen-bond donors (Lipinski definition) is 0. The van der Waals surface area contributed by atoms with E-state index in [0.717, 1.165) is 35.0 Å². The van der Waals surface area contributed by atoms with E-state index in [2.05, 4.69) is 82.2 Å². The largest absolute Gasteiger partial charge is 0.335 e. The maximum atomic E-state index is 4.84. The topological polar surface area (TPSA) is 18.8 Å². The van der Waals surface area contributed by atoms with Gasteiger partial charge in [0, 0.05) is 23.7 Å². The summed E-state index contributed by atoms with van der Waals surface area (Å²) in [5, 5.41) is 0. The van der Waals surface area contributed by atoms with Crippen LogP contribution in [0.25, 0.3) is 0 Å². The second-order valence-electron chi connectivity index (χ2n) is 11.3. The van der Waals surface area contributed by atoms with E-state index in [1.807, 2.05) is 0 Å². The Morgan fingerprint density at radius 1 is 0.938 bits per heavy atom. The molecule has 3 heteroatoms. The van der Waals surface area contributed by atoms with Crippen LogP contribution < -0.4 is 4.90 Å². The van der Waals surface area contributed by atoms with Crippen LogP contribution in [0.2, 0.25) is 0 Å². The average molecular weight is 436 g/mol. The molecule has 0 spiro atoms. The first-order chi connectivity index (χ1) is 15.3. The van der Waals surface area contributed by atoms with Crippen molar-refractivity contribution >= 4 is 17.1 Å². The molecule has 4 unspecified atom stereocenters. The predicted octanol–water partition coefficient (Wildman–Crippen LogP) is 7.74. The van der Waals surface area contributed by atoms with E-state index < -0.39 is 0 Å². The van der Waals surface area contributed by atoms with E-state index in [4.69, 9.17) is 4.99 Å². The van der Waals surface area contributed by atoms with Crippen molar-refractivity contribution in [3.8, 4) is 0 Å². The fourth-order valence-corrected chi connectivity index (χ4v) is 7.21. The van der Waals surface area contributed by atoms with Gasteiger partial charge in [0.2, 0.25) is 0 Å². The highest BCUT2D eigenvalue weighted by molar-refractivity contribution is 6.06. The number of nitrogens with zero attached hydrogens (tertiary/aromatic N) is 3. The van der Waals surface area contributed by atoms with Crippen molar-refractivity contribution in [2.75, 3.05) is 4.90 Å². The number of benzene rings is 1. The molecule has 2 heterocycles. The number of likely N-dealkylation sites (tertiary alicyclic amines) is 1. The standard InChI is InChI=1S/C29H45N3/c1-8-22-15-23(9-2)17-25(16-22)32-24(10-3)18-26(19-29(32,6)7)31-21(5)20(4)30-27-13-11-12-14-28(27)31/h11-14,22-26H,5,8-10,15-19H2,1-4,6-7H3. The zero-order valence-electron chi connectivity index (χ0n) is 21.4. The summed E-state index contributed by atoms with van der Waals surface area (Å²) in [6, 6.07) is 10.5. The van der Waals surface area contributed by atoms with Crippen molar-refractivity contribution in [3.63, 3.8) is 0 Å². The second-order valence-corrected chi connectivity index (χ2v) is 11.3. The Kier molecular flexibility index (Phi) is 6.86. The van der Waals surface area contributed by atoms with Crippen molar-refractivity contribution in [3.05, 3.63) is 36.5 Å². The van der Waals surface area contributed by atoms with Gasteiger partial charge in [-0.2, -0.15) is 0 Å². The molecular formula is C29H45N3. The Morgan fingerprint density at radius 3 is 2.22 bits per heavy atom. The molecule has 1 aromatic rings. The third-order valence-corrected chi connectivity index (χ3v) is 8.77. The fraction of sp³-hybridized carbons (Fsp3) is 0.690. The van der Waals surface area contributed by atoms with Crippen LogP contribution in [0.3, 0.4) is 0 Å². The maximum Gasteiger partial charge on any atom is 0.0870 e. The van der Waals surface area contributed by atoms with Crippen LogP contribution in [0.5, 0.6) is 0 Å². The number of allylic oxidation sites excluding steroid dienone is 1. The lowest BCUT2D eigenvalue weighted by Crippen LogP contribution is -2.64. The lowest BCUT2D eigenvalue weighted by atomic mass is 9.72. The quantitative estimate of drug-likeness (QED) is 0.471. The first kappa shape index (κ1) is 23.5. The Bertz CT molecular complexity index is 842. The van der Waals surface area contributed by atoms with Crippen molar-refractivity contribution in [2.45, 2.75) is 117 Å². The van der Waals surface area contributed by atoms with Crippen LogP contribution in [0.15, 0.2) is 41.5 Å². The van der Waals surface area contributed by atoms with Crippen LogP contribution in [0, 0.1) is 11.8 Å². The molecule has 0 aromatic heterocycles. The van der Waals surface area contributed by atoms with E-state index in [9.17, 15) is 0 Å². The number of piperidine rings is 1. The number of para-hydroxylation sites is 2. The summed E-state index contributed by atoms with van der Waals surface area (Å²) in [5.74, 6) is 1.80. The van der Waals surface area contributed by atoms with Crippen molar-refractivity contribution in [2.24, 2.45) is 16.8 Å². The van der Waals surface area contributed by atoms with Gasteiger partial charge in [-0.05, 0) is 83.3 Å². The highest BCUT2D eigenvalue weighted by atomic mass is 15.3. The molecule has 1 aromatic carbocycles. The lowest BCUT2D eigenvalue weighted by molar-refractivity contribution is -0.0510. The molecule has 176 valence electrons. The minimum absolute atomic E-state index is 0.180. The molecule has 2 aliphatic heterocycles. The summed E-state index contributed by atoms with van der Waals surface area (Å²) < 4.78 is 0. The maximum absolute atomic E-state index is 4.84. The number of fused-ring (bicyclic) bond motifs is 1. The van der Waals surface area contributed by atoms with Gasteiger partial charge in [-0.3, -0.25) is 4.90 Å². The summed E-state index contributed by atoms with van der Waals surface area (Å²) in [5.41, 5.74) is 4.65. The summed E-state index contributed by atoms with van der Waals surface area (Å²) >= 11 is 0. The molecule has 4 atom stereocenters. The Labute approximate surface area is 197 Å². The monoisotopic (exact) mass is 435 g/mol. The number of rotatable bonds is 5. The van der Waals surface area contributed by atoms with Gasteiger partial charge >= 0.3 is 0 Å². The van der Waals surface area contributed by atoms with Crippen LogP contribution in [0.4, 0.5) is 11.4 Å². The van der Waals surface area contributed by atoms with E-state index in [-0.39, 0.29) is 5.54 Å². The van der Waals surface area contributed by atoms with Gasteiger partial charge < -0.3 is 4.90 Å². The first-order valence-electron chi connectivity index (χ1n) is 13.2. The van der Waals surface area contributed by atoms with E-state index in [1.54, 1.807) is 0 Å². The number of hydrogen-bond acceptors (Lipinski definition) is 3. The van der Waals surface area contributed by atoms with Crippen LogP contribution in [0.1, 0.15) is 92.9 Å². The minimum Gasteiger partial charge on any atom is -0.335 e. The second kappa shape index (κ2) is 9.33. The molecule has 1 aliphatic carbocycles. The average Bonchev–Trinajstić information content (AvgIpc) is 2.78. The third kappa shape index (κ3) is 4.30. The van der Waals surface area contributed by atoms with Crippen LogP contribution in [-0.4, -0.2) is 34.3 Å². The van der Waals surface area contributed by atoms with Crippen molar-refractivity contribution < 1.29 is 0 Å². The van der Waals surface area contributed by atoms with Gasteiger partial charge in [0.1, 0.15) is 0 Å². The smallest absolute Gasteiger partial charge is 0.0870 e. The molecule has 0 radical (unpaired) electrons. The Morgan fingerprint density at radius 2 is 1.59 bits per heavy atom. The highest BCUT2D eigenvalue weighted by Crippen LogP contribution is 2.46. The molecule has 4 rings (SSSR count). The van der Waals surface area contributed by atoms with Gasteiger partial charge in [0.25, 0.3) is 0 Å². The Hall–Kier alpha value is -1.61. The molecule has 0 amide bonds. The minimum atomic E-state index is 0.180. The molecule has 1 saturated heterocycles. The first-order valence-corrected chi connectivity index (χ1v) is 13.2. The zero-order chi connectivity index (χ0) is 23.0. The van der Waals surface area contributed by atoms with Crippen LogP contribution in [-0.2, 0) is 0 Å². The van der Waals surface area contributed by atoms with E-state index in [0.29, 0.717) is 12.1 Å². The third-order valence-electron chi connectivity index (χ3n) is 8.77. The summed E-state index contributed by atoms with van der Waals surface area (Å²) in [6.07, 6.45) is 10.5. The molecular weight excluding hydrogens is 390 g/mol. The Balaban J connectivity index is 1.63. The molecule has 2 fully saturated rings. The van der Waals surface area contributed by atoms with E-state index in [1.165, 1.54) is 57.1 Å². The zero-order valence-corrected chi connectivity index (χ0v) is 21.4. The summed E-state index contributed by atoms with van der Waals surface area (Å²) in [6.45, 7) is 18.8. The molecule has 0 N–H and O–H groups in total. The summed E-state index contributed by atoms with van der Waals surface area (Å²) in [7, 11) is 0. The fourth-order valence-electron chi connectivity index (χ4n) is 7.21. The molecule has 32 heavy (non-hydrogen) atoms. The van der Waals surface area contributed by atoms with Crippen molar-refractivity contribution in [1.29, 1.82) is 0 Å². The van der Waals surface area contributed by atoms with Gasteiger partial charge in [0.15, 0.2) is 0 Å². The molecule has 3 nitrogen and oxygen atoms in total.